The Hall–Kier alpha value is -6.03. The average Bonchev–Trinajstić information content (AvgIpc) is 3.22. The summed E-state index contributed by atoms with van der Waals surface area (Å²) in [5, 5.41) is 36.9. The first-order valence-electron chi connectivity index (χ1n) is 23.5. The quantitative estimate of drug-likeness (QED) is 0.0947. The van der Waals surface area contributed by atoms with E-state index >= 15 is 0 Å². The van der Waals surface area contributed by atoms with Crippen LogP contribution < -0.4 is 9.47 Å². The van der Waals surface area contributed by atoms with E-state index in [-0.39, 0.29) is 95.3 Å². The summed E-state index contributed by atoms with van der Waals surface area (Å²) in [5.41, 5.74) is 8.86. The van der Waals surface area contributed by atoms with Crippen LogP contribution in [-0.4, -0.2) is 58.7 Å². The summed E-state index contributed by atoms with van der Waals surface area (Å²) >= 11 is 0. The number of hydrogen-bond donors (Lipinski definition) is 3. The maximum absolute atomic E-state index is 12.8. The zero-order valence-electron chi connectivity index (χ0n) is 42.2. The van der Waals surface area contributed by atoms with Crippen LogP contribution in [0.1, 0.15) is 185 Å². The summed E-state index contributed by atoms with van der Waals surface area (Å²) in [6, 6.07) is 19.5. The highest BCUT2D eigenvalue weighted by atomic mass is 16.5. The first kappa shape index (κ1) is 50.4. The molecule has 358 valence electrons. The maximum Gasteiger partial charge on any atom is 0.357 e. The smallest absolute Gasteiger partial charge is 0.357 e. The van der Waals surface area contributed by atoms with Gasteiger partial charge in [-0.2, -0.15) is 0 Å². The maximum atomic E-state index is 12.8. The molecule has 0 aliphatic heterocycles. The van der Waals surface area contributed by atoms with E-state index < -0.39 is 11.9 Å². The molecule has 5 aromatic rings. The molecule has 0 amide bonds. The van der Waals surface area contributed by atoms with Crippen LogP contribution in [0.3, 0.4) is 0 Å². The molecule has 3 N–H and O–H groups in total. The van der Waals surface area contributed by atoms with Crippen molar-refractivity contribution in [3.63, 3.8) is 0 Å². The molecule has 1 aromatic heterocycles. The third-order valence-electron chi connectivity index (χ3n) is 12.4. The lowest BCUT2D eigenvalue weighted by molar-refractivity contribution is 0.0510. The number of hydrogen-bond acceptors (Lipinski definition) is 10. The molecule has 0 spiro atoms. The second-order valence-corrected chi connectivity index (χ2v) is 22.0. The summed E-state index contributed by atoms with van der Waals surface area (Å²) in [7, 11) is 0. The second-order valence-electron chi connectivity index (χ2n) is 22.0. The fourth-order valence-corrected chi connectivity index (χ4v) is 8.36. The Labute approximate surface area is 397 Å². The van der Waals surface area contributed by atoms with Gasteiger partial charge in [-0.25, -0.2) is 14.6 Å². The standard InChI is InChI=1S/C57H71NO9/c1-15-64-52(62)46-31-45(32-47(58-46)53(63)65-16-2)66-17-18-67-51-39-21-37-27-42(55(6,7)8)25-35(49(37)60)19-33-23-41(54(3,4)5)24-34(48(33)59)20-36-26-43(56(9,10)11)28-38(50(36)61)22-40(51)30-44(29-39)57(12,13)14/h23-32,59-61H,15-22H2,1-14H3. The van der Waals surface area contributed by atoms with Crippen molar-refractivity contribution in [2.75, 3.05) is 26.4 Å². The number of nitrogens with zero attached hydrogens (tertiary/aromatic N) is 1. The van der Waals surface area contributed by atoms with Crippen LogP contribution in [0, 0.1) is 0 Å². The topological polar surface area (TPSA) is 145 Å². The number of phenols is 3. The van der Waals surface area contributed by atoms with E-state index in [2.05, 4.69) is 137 Å². The number of ether oxygens (including phenoxy) is 4. The van der Waals surface area contributed by atoms with Gasteiger partial charge in [0.2, 0.25) is 0 Å². The van der Waals surface area contributed by atoms with E-state index in [1.54, 1.807) is 13.8 Å². The molecule has 10 heteroatoms. The van der Waals surface area contributed by atoms with Gasteiger partial charge in [-0.05, 0) is 102 Å². The number of aromatic nitrogens is 1. The number of aromatic hydroxyl groups is 3. The van der Waals surface area contributed by atoms with Crippen molar-refractivity contribution >= 4 is 11.9 Å². The molecule has 0 atom stereocenters. The Morgan fingerprint density at radius 2 is 0.716 bits per heavy atom. The van der Waals surface area contributed by atoms with Crippen molar-refractivity contribution < 1.29 is 43.9 Å². The van der Waals surface area contributed by atoms with Gasteiger partial charge in [0.05, 0.1) is 13.2 Å². The summed E-state index contributed by atoms with van der Waals surface area (Å²) < 4.78 is 23.3. The third kappa shape index (κ3) is 11.7. The van der Waals surface area contributed by atoms with Crippen molar-refractivity contribution in [2.45, 2.75) is 144 Å². The van der Waals surface area contributed by atoms with Gasteiger partial charge in [0, 0.05) is 37.8 Å². The molecule has 0 unspecified atom stereocenters. The monoisotopic (exact) mass is 914 g/mol. The van der Waals surface area contributed by atoms with E-state index in [1.165, 1.54) is 12.1 Å². The van der Waals surface area contributed by atoms with E-state index in [4.69, 9.17) is 18.9 Å². The summed E-state index contributed by atoms with van der Waals surface area (Å²) in [4.78, 5) is 29.7. The summed E-state index contributed by atoms with van der Waals surface area (Å²) in [6.45, 7) is 29.6. The molecule has 67 heavy (non-hydrogen) atoms. The lowest BCUT2D eigenvalue weighted by atomic mass is 9.79. The highest BCUT2D eigenvalue weighted by molar-refractivity contribution is 5.92. The molecule has 10 nitrogen and oxygen atoms in total. The van der Waals surface area contributed by atoms with E-state index in [0.29, 0.717) is 52.0 Å². The number of phenolic OH excluding ortho intramolecular Hbond substituents is 3. The highest BCUT2D eigenvalue weighted by Gasteiger charge is 2.28. The molecule has 6 rings (SSSR count). The van der Waals surface area contributed by atoms with Crippen LogP contribution in [-0.2, 0) is 56.8 Å². The van der Waals surface area contributed by atoms with Gasteiger partial charge >= 0.3 is 11.9 Å². The number of carbonyl (C=O) groups is 2. The number of benzene rings is 4. The summed E-state index contributed by atoms with van der Waals surface area (Å²) in [5.74, 6) is -0.111. The van der Waals surface area contributed by atoms with Gasteiger partial charge in [0.25, 0.3) is 0 Å². The fourth-order valence-electron chi connectivity index (χ4n) is 8.36. The van der Waals surface area contributed by atoms with Gasteiger partial charge in [0.15, 0.2) is 11.4 Å². The first-order valence-corrected chi connectivity index (χ1v) is 23.5. The molecule has 4 aromatic carbocycles. The van der Waals surface area contributed by atoms with Crippen LogP contribution in [0.25, 0.3) is 0 Å². The van der Waals surface area contributed by atoms with E-state index in [9.17, 15) is 24.9 Å². The Balaban J connectivity index is 1.56. The SMILES string of the molecule is CCOC(=O)c1cc(OCCOc2c3cc(C(C)(C)C)cc2Cc2cc(C(C)(C)C)cc(c2O)Cc2cc(C(C)(C)C)cc(c2O)Cc2cc(C(C)(C)C)cc(c2O)C3)cc(C(=O)OCC)n1. The number of esters is 2. The van der Waals surface area contributed by atoms with Gasteiger partial charge in [-0.1, -0.05) is 132 Å². The fraction of sp³-hybridized carbons (Fsp3) is 0.456. The Morgan fingerprint density at radius 1 is 0.448 bits per heavy atom. The molecule has 0 fully saturated rings. The van der Waals surface area contributed by atoms with Crippen molar-refractivity contribution in [2.24, 2.45) is 0 Å². The lowest BCUT2D eigenvalue weighted by Gasteiger charge is -2.27. The molecule has 1 aliphatic rings. The zero-order valence-corrected chi connectivity index (χ0v) is 42.2. The van der Waals surface area contributed by atoms with E-state index in [0.717, 1.165) is 33.4 Å². The van der Waals surface area contributed by atoms with Gasteiger partial charge in [-0.15, -0.1) is 0 Å². The van der Waals surface area contributed by atoms with Crippen molar-refractivity contribution in [1.29, 1.82) is 0 Å². The average molecular weight is 914 g/mol. The molecule has 1 aliphatic carbocycles. The lowest BCUT2D eigenvalue weighted by Crippen LogP contribution is -2.17. The number of rotatable bonds is 9. The minimum absolute atomic E-state index is 0.0239. The van der Waals surface area contributed by atoms with Crippen molar-refractivity contribution in [3.8, 4) is 28.7 Å². The summed E-state index contributed by atoms with van der Waals surface area (Å²) in [6.07, 6.45) is 1.18. The minimum Gasteiger partial charge on any atom is -0.507 e. The van der Waals surface area contributed by atoms with Crippen LogP contribution in [0.2, 0.25) is 0 Å². The Bertz CT molecular complexity index is 2510. The molecule has 1 heterocycles. The van der Waals surface area contributed by atoms with E-state index in [1.807, 2.05) is 0 Å². The Morgan fingerprint density at radius 3 is 1.00 bits per heavy atom. The molecular formula is C57H71NO9. The number of fused-ring (bicyclic) bond motifs is 8. The van der Waals surface area contributed by atoms with Gasteiger partial charge in [-0.3, -0.25) is 0 Å². The first-order chi connectivity index (χ1) is 31.2. The van der Waals surface area contributed by atoms with Crippen molar-refractivity contribution in [3.05, 3.63) is 139 Å². The predicted octanol–water partition coefficient (Wildman–Crippen LogP) is 11.9. The zero-order chi connectivity index (χ0) is 49.4. The number of pyridine rings is 1. The molecule has 0 saturated carbocycles. The second kappa shape index (κ2) is 19.3. The van der Waals surface area contributed by atoms with Gasteiger partial charge in [0.1, 0.15) is 42.0 Å². The molecule has 0 radical (unpaired) electrons. The predicted molar refractivity (Wildman–Crippen MR) is 264 cm³/mol. The molecular weight excluding hydrogens is 843 g/mol. The third-order valence-corrected chi connectivity index (χ3v) is 12.4. The molecule has 0 saturated heterocycles. The van der Waals surface area contributed by atoms with Crippen LogP contribution >= 0.6 is 0 Å². The normalized spacial score (nSPS) is 13.2. The van der Waals surface area contributed by atoms with Crippen molar-refractivity contribution in [1.82, 2.24) is 4.98 Å². The van der Waals surface area contributed by atoms with Gasteiger partial charge < -0.3 is 34.3 Å². The Kier molecular flexibility index (Phi) is 14.5. The van der Waals surface area contributed by atoms with Crippen LogP contribution in [0.15, 0.2) is 60.7 Å². The van der Waals surface area contributed by atoms with Crippen LogP contribution in [0.5, 0.6) is 28.7 Å². The largest absolute Gasteiger partial charge is 0.507 e. The highest BCUT2D eigenvalue weighted by Crippen LogP contribution is 2.43. The number of carbonyl (C=O) groups excluding carboxylic acids is 2. The molecule has 8 bridgehead atoms. The minimum atomic E-state index is -0.697. The van der Waals surface area contributed by atoms with Crippen LogP contribution in [0.4, 0.5) is 0 Å².